The van der Waals surface area contributed by atoms with Crippen LogP contribution in [0.1, 0.15) is 82.3 Å². The van der Waals surface area contributed by atoms with Crippen molar-refractivity contribution in [2.24, 2.45) is 0 Å². The first kappa shape index (κ1) is 18.4. The van der Waals surface area contributed by atoms with Crippen molar-refractivity contribution in [1.82, 2.24) is 19.9 Å². The summed E-state index contributed by atoms with van der Waals surface area (Å²) >= 11 is 0. The summed E-state index contributed by atoms with van der Waals surface area (Å²) < 4.78 is 5.43. The molecule has 0 radical (unpaired) electrons. The Kier molecular flexibility index (Phi) is 6.10. The van der Waals surface area contributed by atoms with Gasteiger partial charge in [-0.25, -0.2) is 0 Å². The number of likely N-dealkylation sites (tertiary alicyclic amines) is 2. The number of amides is 1. The lowest BCUT2D eigenvalue weighted by Gasteiger charge is -2.34. The van der Waals surface area contributed by atoms with Gasteiger partial charge in [0.1, 0.15) is 0 Å². The number of carbonyl (C=O) groups is 1. The maximum absolute atomic E-state index is 12.5. The maximum Gasteiger partial charge on any atom is 0.229 e. The highest BCUT2D eigenvalue weighted by atomic mass is 16.5. The number of carbonyl (C=O) groups excluding carboxylic acids is 1. The van der Waals surface area contributed by atoms with Crippen molar-refractivity contribution >= 4 is 5.91 Å². The molecule has 0 spiro atoms. The van der Waals surface area contributed by atoms with Crippen LogP contribution in [-0.2, 0) is 4.79 Å². The van der Waals surface area contributed by atoms with E-state index >= 15 is 0 Å². The molecule has 25 heavy (non-hydrogen) atoms. The van der Waals surface area contributed by atoms with Crippen molar-refractivity contribution in [1.29, 1.82) is 0 Å². The molecule has 6 heteroatoms. The van der Waals surface area contributed by atoms with Crippen LogP contribution in [0.4, 0.5) is 0 Å². The Morgan fingerprint density at radius 2 is 1.96 bits per heavy atom. The maximum atomic E-state index is 12.5. The van der Waals surface area contributed by atoms with Gasteiger partial charge in [-0.1, -0.05) is 25.4 Å². The average Bonchev–Trinajstić information content (AvgIpc) is 3.11. The fraction of sp³-hybridized carbons (Fsp3) is 0.842. The van der Waals surface area contributed by atoms with E-state index in [-0.39, 0.29) is 5.92 Å². The molecule has 0 unspecified atom stereocenters. The molecule has 0 aromatic carbocycles. The van der Waals surface area contributed by atoms with Crippen molar-refractivity contribution in [2.45, 2.75) is 76.7 Å². The smallest absolute Gasteiger partial charge is 0.229 e. The molecule has 0 bridgehead atoms. The van der Waals surface area contributed by atoms with Gasteiger partial charge in [0.05, 0.1) is 0 Å². The minimum Gasteiger partial charge on any atom is -0.343 e. The van der Waals surface area contributed by atoms with Crippen molar-refractivity contribution in [3.63, 3.8) is 0 Å². The fourth-order valence-corrected chi connectivity index (χ4v) is 3.98. The minimum absolute atomic E-state index is 0.289. The number of hydrogen-bond acceptors (Lipinski definition) is 5. The third kappa shape index (κ3) is 4.60. The summed E-state index contributed by atoms with van der Waals surface area (Å²) in [4.78, 5) is 21.5. The van der Waals surface area contributed by atoms with Gasteiger partial charge in [0.25, 0.3) is 0 Å². The number of hydrogen-bond donors (Lipinski definition) is 0. The number of piperidine rings is 2. The molecule has 1 aromatic rings. The molecule has 2 aliphatic heterocycles. The summed E-state index contributed by atoms with van der Waals surface area (Å²) in [6.45, 7) is 6.93. The normalized spacial score (nSPS) is 23.4. The zero-order valence-electron chi connectivity index (χ0n) is 15.9. The van der Waals surface area contributed by atoms with Gasteiger partial charge in [0.2, 0.25) is 11.8 Å². The van der Waals surface area contributed by atoms with E-state index in [1.54, 1.807) is 0 Å². The molecule has 3 heterocycles. The summed E-state index contributed by atoms with van der Waals surface area (Å²) in [5.74, 6) is 2.43. The molecular formula is C19H32N4O2. The topological polar surface area (TPSA) is 62.5 Å². The van der Waals surface area contributed by atoms with Gasteiger partial charge < -0.3 is 14.3 Å². The molecule has 2 fully saturated rings. The third-order valence-corrected chi connectivity index (χ3v) is 5.78. The predicted molar refractivity (Wildman–Crippen MR) is 96.4 cm³/mol. The second kappa shape index (κ2) is 8.30. The zero-order chi connectivity index (χ0) is 17.8. The SMILES string of the molecule is CC(C)c1noc(C2CCN(C(=O)CC[C@H]3CCCCN3C)CC2)n1. The summed E-state index contributed by atoms with van der Waals surface area (Å²) in [6, 6.07) is 0.586. The Hall–Kier alpha value is -1.43. The van der Waals surface area contributed by atoms with Crippen LogP contribution in [-0.4, -0.2) is 58.6 Å². The molecule has 0 N–H and O–H groups in total. The van der Waals surface area contributed by atoms with E-state index in [4.69, 9.17) is 4.52 Å². The zero-order valence-corrected chi connectivity index (χ0v) is 15.9. The van der Waals surface area contributed by atoms with Crippen LogP contribution in [0, 0.1) is 0 Å². The quantitative estimate of drug-likeness (QED) is 0.818. The van der Waals surface area contributed by atoms with E-state index in [9.17, 15) is 4.79 Å². The van der Waals surface area contributed by atoms with Crippen molar-refractivity contribution in [2.75, 3.05) is 26.7 Å². The van der Waals surface area contributed by atoms with Gasteiger partial charge in [0, 0.05) is 37.4 Å². The highest BCUT2D eigenvalue weighted by Crippen LogP contribution is 2.28. The fourth-order valence-electron chi connectivity index (χ4n) is 3.98. The molecule has 1 atom stereocenters. The lowest BCUT2D eigenvalue weighted by molar-refractivity contribution is -0.132. The van der Waals surface area contributed by atoms with Gasteiger partial charge in [-0.3, -0.25) is 4.79 Å². The van der Waals surface area contributed by atoms with Crippen molar-refractivity contribution in [3.05, 3.63) is 11.7 Å². The Morgan fingerprint density at radius 3 is 2.60 bits per heavy atom. The Bertz CT molecular complexity index is 564. The van der Waals surface area contributed by atoms with Crippen LogP contribution in [0.5, 0.6) is 0 Å². The van der Waals surface area contributed by atoms with Crippen LogP contribution in [0.3, 0.4) is 0 Å². The molecule has 2 saturated heterocycles. The molecule has 0 aliphatic carbocycles. The second-order valence-corrected chi connectivity index (χ2v) is 7.97. The van der Waals surface area contributed by atoms with Crippen LogP contribution >= 0.6 is 0 Å². The van der Waals surface area contributed by atoms with Crippen LogP contribution in [0.25, 0.3) is 0 Å². The van der Waals surface area contributed by atoms with Crippen LogP contribution < -0.4 is 0 Å². The van der Waals surface area contributed by atoms with Crippen LogP contribution in [0.2, 0.25) is 0 Å². The largest absolute Gasteiger partial charge is 0.343 e. The number of rotatable bonds is 5. The summed E-state index contributed by atoms with van der Waals surface area (Å²) in [6.07, 6.45) is 7.36. The van der Waals surface area contributed by atoms with Gasteiger partial charge in [-0.15, -0.1) is 0 Å². The van der Waals surface area contributed by atoms with Crippen molar-refractivity contribution < 1.29 is 9.32 Å². The molecule has 1 amide bonds. The van der Waals surface area contributed by atoms with Crippen LogP contribution in [0.15, 0.2) is 4.52 Å². The van der Waals surface area contributed by atoms with E-state index in [0.29, 0.717) is 24.3 Å². The molecular weight excluding hydrogens is 316 g/mol. The molecule has 6 nitrogen and oxygen atoms in total. The number of aromatic nitrogens is 2. The highest BCUT2D eigenvalue weighted by Gasteiger charge is 2.28. The van der Waals surface area contributed by atoms with E-state index in [0.717, 1.165) is 44.1 Å². The highest BCUT2D eigenvalue weighted by molar-refractivity contribution is 5.76. The average molecular weight is 348 g/mol. The Balaban J connectivity index is 1.44. The summed E-state index contributed by atoms with van der Waals surface area (Å²) in [5.41, 5.74) is 0. The molecule has 0 saturated carbocycles. The van der Waals surface area contributed by atoms with E-state index in [1.165, 1.54) is 25.8 Å². The lowest BCUT2D eigenvalue weighted by atomic mass is 9.95. The monoisotopic (exact) mass is 348 g/mol. The van der Waals surface area contributed by atoms with Gasteiger partial charge in [-0.05, 0) is 45.7 Å². The number of nitrogens with zero attached hydrogens (tertiary/aromatic N) is 4. The van der Waals surface area contributed by atoms with Crippen molar-refractivity contribution in [3.8, 4) is 0 Å². The molecule has 2 aliphatic rings. The minimum atomic E-state index is 0.289. The molecule has 3 rings (SSSR count). The van der Waals surface area contributed by atoms with Gasteiger partial charge in [-0.2, -0.15) is 4.98 Å². The van der Waals surface area contributed by atoms with Gasteiger partial charge in [0.15, 0.2) is 5.82 Å². The van der Waals surface area contributed by atoms with E-state index in [2.05, 4.69) is 35.9 Å². The third-order valence-electron chi connectivity index (χ3n) is 5.78. The lowest BCUT2D eigenvalue weighted by Crippen LogP contribution is -2.40. The second-order valence-electron chi connectivity index (χ2n) is 7.97. The molecule has 1 aromatic heterocycles. The van der Waals surface area contributed by atoms with Gasteiger partial charge >= 0.3 is 0 Å². The first-order valence-corrected chi connectivity index (χ1v) is 9.86. The summed E-state index contributed by atoms with van der Waals surface area (Å²) in [7, 11) is 2.19. The summed E-state index contributed by atoms with van der Waals surface area (Å²) in [5, 5.41) is 4.06. The van der Waals surface area contributed by atoms with E-state index in [1.807, 2.05) is 4.90 Å². The van der Waals surface area contributed by atoms with E-state index < -0.39 is 0 Å². The first-order chi connectivity index (χ1) is 12.0. The molecule has 140 valence electrons. The predicted octanol–water partition coefficient (Wildman–Crippen LogP) is 3.16. The Morgan fingerprint density at radius 1 is 1.20 bits per heavy atom. The Labute approximate surface area is 150 Å². The standard InChI is InChI=1S/C19H32N4O2/c1-14(2)18-20-19(25-21-18)15-9-12-23(13-10-15)17(24)8-7-16-6-4-5-11-22(16)3/h14-16H,4-13H2,1-3H3/t16-/m1/s1. The first-order valence-electron chi connectivity index (χ1n) is 9.86.